The van der Waals surface area contributed by atoms with Gasteiger partial charge >= 0.3 is 0 Å². The third kappa shape index (κ3) is 2.04. The molecule has 76 valence electrons. The second-order valence-electron chi connectivity index (χ2n) is 2.80. The molecule has 1 aromatic carbocycles. The number of rotatable bonds is 3. The molecule has 0 aliphatic rings. The summed E-state index contributed by atoms with van der Waals surface area (Å²) in [5.74, 6) is -0.662. The molecule has 0 amide bonds. The molecule has 0 aliphatic carbocycles. The molecule has 14 heavy (non-hydrogen) atoms. The van der Waals surface area contributed by atoms with Crippen LogP contribution in [0.25, 0.3) is 0 Å². The SMILES string of the molecule is NCC(N)c1ccc(F)cc1[N+](=O)[O-]. The minimum Gasteiger partial charge on any atom is -0.329 e. The van der Waals surface area contributed by atoms with Crippen LogP contribution in [-0.2, 0) is 0 Å². The van der Waals surface area contributed by atoms with Crippen LogP contribution in [0, 0.1) is 15.9 Å². The number of nitrogens with zero attached hydrogens (tertiary/aromatic N) is 1. The van der Waals surface area contributed by atoms with E-state index in [1.165, 1.54) is 6.07 Å². The van der Waals surface area contributed by atoms with Crippen LogP contribution in [0.2, 0.25) is 0 Å². The number of benzene rings is 1. The molecule has 1 atom stereocenters. The van der Waals surface area contributed by atoms with Crippen molar-refractivity contribution in [3.05, 3.63) is 39.7 Å². The smallest absolute Gasteiger partial charge is 0.277 e. The monoisotopic (exact) mass is 199 g/mol. The molecule has 0 saturated heterocycles. The van der Waals surface area contributed by atoms with Crippen molar-refractivity contribution in [2.75, 3.05) is 6.54 Å². The van der Waals surface area contributed by atoms with Crippen molar-refractivity contribution in [3.8, 4) is 0 Å². The number of nitrogens with two attached hydrogens (primary N) is 2. The van der Waals surface area contributed by atoms with Gasteiger partial charge in [-0.15, -0.1) is 0 Å². The van der Waals surface area contributed by atoms with E-state index < -0.39 is 16.8 Å². The fraction of sp³-hybridized carbons (Fsp3) is 0.250. The molecule has 0 aromatic heterocycles. The number of hydrogen-bond acceptors (Lipinski definition) is 4. The van der Waals surface area contributed by atoms with Crippen LogP contribution in [0.3, 0.4) is 0 Å². The first-order valence-corrected chi connectivity index (χ1v) is 3.95. The Morgan fingerprint density at radius 3 is 2.71 bits per heavy atom. The van der Waals surface area contributed by atoms with Crippen molar-refractivity contribution in [1.29, 1.82) is 0 Å². The van der Waals surface area contributed by atoms with Gasteiger partial charge in [0.1, 0.15) is 5.82 Å². The van der Waals surface area contributed by atoms with Crippen molar-refractivity contribution in [1.82, 2.24) is 0 Å². The first-order chi connectivity index (χ1) is 6.56. The predicted octanol–water partition coefficient (Wildman–Crippen LogP) is 0.692. The Hall–Kier alpha value is -1.53. The highest BCUT2D eigenvalue weighted by molar-refractivity contribution is 5.42. The molecule has 1 rings (SSSR count). The molecule has 0 fully saturated rings. The van der Waals surface area contributed by atoms with E-state index >= 15 is 0 Å². The van der Waals surface area contributed by atoms with Gasteiger partial charge in [0.25, 0.3) is 5.69 Å². The van der Waals surface area contributed by atoms with Crippen LogP contribution in [0.5, 0.6) is 0 Å². The second kappa shape index (κ2) is 4.12. The molecule has 0 heterocycles. The Kier molecular flexibility index (Phi) is 3.10. The first kappa shape index (κ1) is 10.6. The van der Waals surface area contributed by atoms with Crippen LogP contribution < -0.4 is 11.5 Å². The van der Waals surface area contributed by atoms with Gasteiger partial charge in [-0.05, 0) is 12.1 Å². The second-order valence-corrected chi connectivity index (χ2v) is 2.80. The van der Waals surface area contributed by atoms with E-state index in [0.717, 1.165) is 12.1 Å². The van der Waals surface area contributed by atoms with Crippen molar-refractivity contribution in [3.63, 3.8) is 0 Å². The zero-order valence-corrected chi connectivity index (χ0v) is 7.31. The molecule has 1 aromatic rings. The number of halogens is 1. The number of nitro groups is 1. The molecule has 0 saturated carbocycles. The van der Waals surface area contributed by atoms with Crippen molar-refractivity contribution >= 4 is 5.69 Å². The largest absolute Gasteiger partial charge is 0.329 e. The van der Waals surface area contributed by atoms with Crippen molar-refractivity contribution in [2.24, 2.45) is 11.5 Å². The van der Waals surface area contributed by atoms with Gasteiger partial charge in [0, 0.05) is 18.2 Å². The van der Waals surface area contributed by atoms with E-state index in [1.54, 1.807) is 0 Å². The highest BCUT2D eigenvalue weighted by Gasteiger charge is 2.18. The maximum Gasteiger partial charge on any atom is 0.277 e. The molecule has 1 unspecified atom stereocenters. The van der Waals surface area contributed by atoms with Crippen LogP contribution >= 0.6 is 0 Å². The van der Waals surface area contributed by atoms with E-state index in [0.29, 0.717) is 0 Å². The maximum atomic E-state index is 12.7. The van der Waals surface area contributed by atoms with Gasteiger partial charge in [0.2, 0.25) is 0 Å². The Labute approximate surface area is 79.7 Å². The summed E-state index contributed by atoms with van der Waals surface area (Å²) >= 11 is 0. The molecule has 4 N–H and O–H groups in total. The van der Waals surface area contributed by atoms with Gasteiger partial charge < -0.3 is 11.5 Å². The number of nitro benzene ring substituents is 1. The third-order valence-corrected chi connectivity index (χ3v) is 1.84. The summed E-state index contributed by atoms with van der Waals surface area (Å²) in [6.07, 6.45) is 0. The summed E-state index contributed by atoms with van der Waals surface area (Å²) < 4.78 is 12.7. The van der Waals surface area contributed by atoms with Gasteiger partial charge in [-0.25, -0.2) is 4.39 Å². The normalized spacial score (nSPS) is 12.5. The van der Waals surface area contributed by atoms with E-state index in [1.807, 2.05) is 0 Å². The third-order valence-electron chi connectivity index (χ3n) is 1.84. The molecule has 6 heteroatoms. The van der Waals surface area contributed by atoms with Crippen LogP contribution in [0.4, 0.5) is 10.1 Å². The Morgan fingerprint density at radius 2 is 2.21 bits per heavy atom. The summed E-state index contributed by atoms with van der Waals surface area (Å²) in [5.41, 5.74) is 10.7. The van der Waals surface area contributed by atoms with Crippen LogP contribution in [-0.4, -0.2) is 11.5 Å². The molecular weight excluding hydrogens is 189 g/mol. The maximum absolute atomic E-state index is 12.7. The van der Waals surface area contributed by atoms with Crippen LogP contribution in [0.1, 0.15) is 11.6 Å². The summed E-state index contributed by atoms with van der Waals surface area (Å²) in [5, 5.41) is 10.5. The van der Waals surface area contributed by atoms with E-state index in [4.69, 9.17) is 11.5 Å². The Morgan fingerprint density at radius 1 is 1.57 bits per heavy atom. The summed E-state index contributed by atoms with van der Waals surface area (Å²) in [6.45, 7) is 0.0759. The summed E-state index contributed by atoms with van der Waals surface area (Å²) in [6, 6.07) is 2.60. The van der Waals surface area contributed by atoms with E-state index in [-0.39, 0.29) is 17.8 Å². The van der Waals surface area contributed by atoms with Gasteiger partial charge in [0.05, 0.1) is 11.0 Å². The highest BCUT2D eigenvalue weighted by atomic mass is 19.1. The zero-order valence-electron chi connectivity index (χ0n) is 7.31. The topological polar surface area (TPSA) is 95.2 Å². The molecule has 5 nitrogen and oxygen atoms in total. The lowest BCUT2D eigenvalue weighted by Crippen LogP contribution is -2.21. The van der Waals surface area contributed by atoms with Gasteiger partial charge in [-0.3, -0.25) is 10.1 Å². The lowest BCUT2D eigenvalue weighted by atomic mass is 10.1. The van der Waals surface area contributed by atoms with E-state index in [2.05, 4.69) is 0 Å². The van der Waals surface area contributed by atoms with Gasteiger partial charge in [-0.1, -0.05) is 0 Å². The molecule has 0 radical (unpaired) electrons. The molecule has 0 aliphatic heterocycles. The number of hydrogen-bond donors (Lipinski definition) is 2. The standard InChI is InChI=1S/C8H10FN3O2/c9-5-1-2-6(7(11)4-10)8(3-5)12(13)14/h1-3,7H,4,10-11H2. The quantitative estimate of drug-likeness (QED) is 0.553. The fourth-order valence-electron chi connectivity index (χ4n) is 1.12. The van der Waals surface area contributed by atoms with Crippen molar-refractivity contribution < 1.29 is 9.31 Å². The highest BCUT2D eigenvalue weighted by Crippen LogP contribution is 2.23. The lowest BCUT2D eigenvalue weighted by molar-refractivity contribution is -0.385. The lowest BCUT2D eigenvalue weighted by Gasteiger charge is -2.08. The summed E-state index contributed by atoms with van der Waals surface area (Å²) in [4.78, 5) is 9.86. The molecule has 0 bridgehead atoms. The van der Waals surface area contributed by atoms with Gasteiger partial charge in [-0.2, -0.15) is 0 Å². The first-order valence-electron chi connectivity index (χ1n) is 3.95. The summed E-state index contributed by atoms with van der Waals surface area (Å²) in [7, 11) is 0. The fourth-order valence-corrected chi connectivity index (χ4v) is 1.12. The minimum atomic E-state index is -0.673. The molecule has 0 spiro atoms. The Balaban J connectivity index is 3.21. The predicted molar refractivity (Wildman–Crippen MR) is 49.0 cm³/mol. The Bertz CT molecular complexity index is 356. The average molecular weight is 199 g/mol. The average Bonchev–Trinajstić information content (AvgIpc) is 2.16. The van der Waals surface area contributed by atoms with E-state index in [9.17, 15) is 14.5 Å². The van der Waals surface area contributed by atoms with Gasteiger partial charge in [0.15, 0.2) is 0 Å². The minimum absolute atomic E-state index is 0.0759. The zero-order chi connectivity index (χ0) is 10.7. The van der Waals surface area contributed by atoms with Crippen molar-refractivity contribution in [2.45, 2.75) is 6.04 Å². The molecular formula is C8H10FN3O2. The van der Waals surface area contributed by atoms with Crippen LogP contribution in [0.15, 0.2) is 18.2 Å².